The Morgan fingerprint density at radius 3 is 2.40 bits per heavy atom. The minimum absolute atomic E-state index is 0.116. The highest BCUT2D eigenvalue weighted by Crippen LogP contribution is 2.52. The summed E-state index contributed by atoms with van der Waals surface area (Å²) in [7, 11) is -1.06. The van der Waals surface area contributed by atoms with Crippen LogP contribution in [0.2, 0.25) is 0 Å². The van der Waals surface area contributed by atoms with Gasteiger partial charge in [-0.15, -0.1) is 0 Å². The number of nitrogens with zero attached hydrogens (tertiary/aromatic N) is 4. The highest BCUT2D eigenvalue weighted by molar-refractivity contribution is 7.85. The molecule has 1 saturated heterocycles. The van der Waals surface area contributed by atoms with Crippen LogP contribution in [-0.2, 0) is 17.0 Å². The number of rotatable bonds is 3. The van der Waals surface area contributed by atoms with E-state index in [2.05, 4.69) is 15.0 Å². The Labute approximate surface area is 144 Å². The predicted octanol–water partition coefficient (Wildman–Crippen LogP) is 2.67. The number of halogens is 3. The third kappa shape index (κ3) is 3.01. The lowest BCUT2D eigenvalue weighted by Gasteiger charge is -2.59. The zero-order chi connectivity index (χ0) is 17.7. The topological polar surface area (TPSA) is 59.0 Å². The number of anilines is 1. The van der Waals surface area contributed by atoms with Crippen LogP contribution in [0.5, 0.6) is 0 Å². The monoisotopic (exact) mass is 368 g/mol. The summed E-state index contributed by atoms with van der Waals surface area (Å²) in [6.45, 7) is 1.48. The maximum atomic E-state index is 12.5. The predicted molar refractivity (Wildman–Crippen MR) is 85.3 cm³/mol. The third-order valence-corrected chi connectivity index (χ3v) is 6.45. The van der Waals surface area contributed by atoms with E-state index in [4.69, 9.17) is 0 Å². The van der Waals surface area contributed by atoms with E-state index in [1.54, 1.807) is 18.5 Å². The van der Waals surface area contributed by atoms with Crippen molar-refractivity contribution in [2.45, 2.75) is 29.2 Å². The van der Waals surface area contributed by atoms with E-state index < -0.39 is 22.8 Å². The molecule has 4 rings (SSSR count). The molecule has 1 saturated carbocycles. The van der Waals surface area contributed by atoms with Crippen molar-refractivity contribution in [3.05, 3.63) is 42.7 Å². The summed E-state index contributed by atoms with van der Waals surface area (Å²) >= 11 is 0. The van der Waals surface area contributed by atoms with Crippen LogP contribution in [0.4, 0.5) is 18.9 Å². The van der Waals surface area contributed by atoms with Crippen LogP contribution in [0.1, 0.15) is 18.7 Å². The van der Waals surface area contributed by atoms with Gasteiger partial charge in [-0.3, -0.25) is 9.19 Å². The highest BCUT2D eigenvalue weighted by atomic mass is 32.2. The van der Waals surface area contributed by atoms with Crippen molar-refractivity contribution in [1.82, 2.24) is 15.0 Å². The van der Waals surface area contributed by atoms with Gasteiger partial charge in [-0.05, 0) is 25.0 Å². The minimum Gasteiger partial charge on any atom is -0.368 e. The first-order valence-corrected chi connectivity index (χ1v) is 9.02. The summed E-state index contributed by atoms with van der Waals surface area (Å²) in [6, 6.07) is 3.60. The van der Waals surface area contributed by atoms with Gasteiger partial charge >= 0.3 is 6.18 Å². The number of alkyl halides is 3. The Morgan fingerprint density at radius 2 is 1.84 bits per heavy atom. The summed E-state index contributed by atoms with van der Waals surface area (Å²) in [5.74, 6) is -1.12. The Balaban J connectivity index is 1.34. The molecule has 2 aliphatic rings. The van der Waals surface area contributed by atoms with E-state index in [0.717, 1.165) is 30.8 Å². The van der Waals surface area contributed by atoms with Gasteiger partial charge in [0.15, 0.2) is 0 Å². The van der Waals surface area contributed by atoms with E-state index in [1.807, 2.05) is 11.0 Å². The molecule has 25 heavy (non-hydrogen) atoms. The Morgan fingerprint density at radius 1 is 1.16 bits per heavy atom. The number of aromatic nitrogens is 3. The van der Waals surface area contributed by atoms with E-state index in [1.165, 1.54) is 12.4 Å². The number of hydrogen-bond donors (Lipinski definition) is 0. The maximum Gasteiger partial charge on any atom is 0.451 e. The van der Waals surface area contributed by atoms with Crippen LogP contribution < -0.4 is 4.90 Å². The Hall–Kier alpha value is -2.03. The van der Waals surface area contributed by atoms with Crippen molar-refractivity contribution >= 4 is 16.5 Å². The van der Waals surface area contributed by atoms with Gasteiger partial charge in [-0.2, -0.15) is 13.2 Å². The van der Waals surface area contributed by atoms with Crippen molar-refractivity contribution in [3.63, 3.8) is 0 Å². The third-order valence-electron chi connectivity index (χ3n) is 4.80. The molecule has 1 atom stereocenters. The molecular formula is C16H15F3N4OS. The van der Waals surface area contributed by atoms with Gasteiger partial charge in [0.25, 0.3) is 0 Å². The molecule has 0 bridgehead atoms. The van der Waals surface area contributed by atoms with Gasteiger partial charge in [-0.25, -0.2) is 9.97 Å². The van der Waals surface area contributed by atoms with Crippen molar-refractivity contribution in [3.8, 4) is 0 Å². The molecule has 0 radical (unpaired) electrons. The smallest absolute Gasteiger partial charge is 0.368 e. The van der Waals surface area contributed by atoms with Crippen LogP contribution in [0.25, 0.3) is 0 Å². The van der Waals surface area contributed by atoms with Crippen LogP contribution in [0.15, 0.2) is 41.8 Å². The van der Waals surface area contributed by atoms with Crippen molar-refractivity contribution in [2.24, 2.45) is 5.41 Å². The first-order chi connectivity index (χ1) is 11.9. The molecular weight excluding hydrogens is 353 g/mol. The standard InChI is InChI=1S/C16H15F3N4OS/c17-16(18,19)14-21-6-11(7-22-14)23-9-15(10-23)4-13(5-15)25(24)12-2-1-3-20-8-12/h1-3,6-8,13H,4-5,9-10H2. The molecule has 0 aromatic carbocycles. The molecule has 1 aliphatic carbocycles. The van der Waals surface area contributed by atoms with E-state index in [0.29, 0.717) is 5.69 Å². The quantitative estimate of drug-likeness (QED) is 0.834. The molecule has 1 unspecified atom stereocenters. The molecule has 2 aromatic rings. The van der Waals surface area contributed by atoms with Gasteiger partial charge in [-0.1, -0.05) is 0 Å². The maximum absolute atomic E-state index is 12.5. The van der Waals surface area contributed by atoms with Crippen molar-refractivity contribution in [2.75, 3.05) is 18.0 Å². The molecule has 3 heterocycles. The zero-order valence-corrected chi connectivity index (χ0v) is 13.9. The minimum atomic E-state index is -4.52. The molecule has 2 aromatic heterocycles. The average molecular weight is 368 g/mol. The normalized spacial score (nSPS) is 20.8. The van der Waals surface area contributed by atoms with Crippen molar-refractivity contribution < 1.29 is 17.4 Å². The summed E-state index contributed by atoms with van der Waals surface area (Å²) in [5.41, 5.74) is 0.709. The second-order valence-electron chi connectivity index (χ2n) is 6.64. The van der Waals surface area contributed by atoms with Crippen LogP contribution in [0.3, 0.4) is 0 Å². The van der Waals surface area contributed by atoms with E-state index in [-0.39, 0.29) is 10.7 Å². The van der Waals surface area contributed by atoms with Crippen LogP contribution in [-0.4, -0.2) is 37.5 Å². The van der Waals surface area contributed by atoms with Gasteiger partial charge in [0.1, 0.15) is 0 Å². The average Bonchev–Trinajstić information content (AvgIpc) is 2.52. The zero-order valence-electron chi connectivity index (χ0n) is 13.1. The fourth-order valence-electron chi connectivity index (χ4n) is 3.55. The first-order valence-electron chi connectivity index (χ1n) is 7.81. The summed E-state index contributed by atoms with van der Waals surface area (Å²) in [6.07, 6.45) is 2.90. The second-order valence-corrected chi connectivity index (χ2v) is 8.37. The van der Waals surface area contributed by atoms with Crippen molar-refractivity contribution in [1.29, 1.82) is 0 Å². The van der Waals surface area contributed by atoms with Crippen LogP contribution in [0, 0.1) is 5.41 Å². The highest BCUT2D eigenvalue weighted by Gasteiger charge is 2.54. The van der Waals surface area contributed by atoms with E-state index >= 15 is 0 Å². The van der Waals surface area contributed by atoms with Gasteiger partial charge in [0.2, 0.25) is 5.82 Å². The Kier molecular flexibility index (Phi) is 3.78. The van der Waals surface area contributed by atoms with Gasteiger partial charge in [0.05, 0.1) is 33.8 Å². The van der Waals surface area contributed by atoms with Gasteiger partial charge in [0, 0.05) is 36.1 Å². The molecule has 2 fully saturated rings. The molecule has 0 amide bonds. The van der Waals surface area contributed by atoms with Crippen LogP contribution >= 0.6 is 0 Å². The van der Waals surface area contributed by atoms with Gasteiger partial charge < -0.3 is 4.90 Å². The number of hydrogen-bond acceptors (Lipinski definition) is 5. The number of pyridine rings is 1. The fraction of sp³-hybridized carbons (Fsp3) is 0.438. The molecule has 132 valence electrons. The van der Waals surface area contributed by atoms with E-state index in [9.17, 15) is 17.4 Å². The first kappa shape index (κ1) is 16.4. The largest absolute Gasteiger partial charge is 0.451 e. The molecule has 1 aliphatic heterocycles. The lowest BCUT2D eigenvalue weighted by molar-refractivity contribution is -0.145. The second kappa shape index (κ2) is 5.76. The SMILES string of the molecule is O=S(c1cccnc1)C1CC2(C1)CN(c1cnc(C(F)(F)F)nc1)C2. The summed E-state index contributed by atoms with van der Waals surface area (Å²) < 4.78 is 49.9. The molecule has 1 spiro atoms. The molecule has 5 nitrogen and oxygen atoms in total. The Bertz CT molecular complexity index is 783. The lowest BCUT2D eigenvalue weighted by Crippen LogP contribution is -2.64. The molecule has 9 heteroatoms. The molecule has 0 N–H and O–H groups in total. The lowest BCUT2D eigenvalue weighted by atomic mass is 9.63. The summed E-state index contributed by atoms with van der Waals surface area (Å²) in [5, 5.41) is 0.121. The summed E-state index contributed by atoms with van der Waals surface area (Å²) in [4.78, 5) is 13.5. The fourth-order valence-corrected chi connectivity index (χ4v) is 5.32.